The molecule has 4 nitrogen and oxygen atoms in total. The number of hydrogen-bond donors (Lipinski definition) is 2. The lowest BCUT2D eigenvalue weighted by Gasteiger charge is -2.12. The molecule has 0 bridgehead atoms. The Labute approximate surface area is 115 Å². The summed E-state index contributed by atoms with van der Waals surface area (Å²) in [5.41, 5.74) is 7.98. The van der Waals surface area contributed by atoms with E-state index in [0.29, 0.717) is 13.2 Å². The highest BCUT2D eigenvalue weighted by Crippen LogP contribution is 2.06. The molecular weight excluding hydrogens is 240 g/mol. The zero-order chi connectivity index (χ0) is 14.1. The lowest BCUT2D eigenvalue weighted by Crippen LogP contribution is -2.40. The molecule has 0 fully saturated rings. The number of methoxy groups -OCH3 is 1. The molecule has 0 saturated carbocycles. The first kappa shape index (κ1) is 15.7. The Morgan fingerprint density at radius 3 is 2.84 bits per heavy atom. The second kappa shape index (κ2) is 8.67. The van der Waals surface area contributed by atoms with Gasteiger partial charge in [-0.3, -0.25) is 4.79 Å². The molecular formula is C15H24N2O2. The van der Waals surface area contributed by atoms with Gasteiger partial charge in [-0.2, -0.15) is 0 Å². The van der Waals surface area contributed by atoms with Crippen LogP contribution >= 0.6 is 0 Å². The minimum absolute atomic E-state index is 0.0782. The number of rotatable bonds is 8. The smallest absolute Gasteiger partial charge is 0.237 e. The summed E-state index contributed by atoms with van der Waals surface area (Å²) in [7, 11) is 1.67. The number of carbonyl (C=O) groups excluding carboxylic acids is 1. The molecule has 1 amide bonds. The summed E-state index contributed by atoms with van der Waals surface area (Å²) in [6, 6.07) is 7.58. The Kier molecular flexibility index (Phi) is 7.15. The van der Waals surface area contributed by atoms with Gasteiger partial charge in [-0.25, -0.2) is 0 Å². The van der Waals surface area contributed by atoms with E-state index in [1.165, 1.54) is 0 Å². The Bertz CT molecular complexity index is 393. The predicted octanol–water partition coefficient (Wildman–Crippen LogP) is 1.97. The number of unbranched alkanes of at least 4 members (excludes halogenated alkanes) is 1. The van der Waals surface area contributed by atoms with E-state index in [-0.39, 0.29) is 5.91 Å². The number of ether oxygens (including phenoxy) is 1. The summed E-state index contributed by atoms with van der Waals surface area (Å²) in [4.78, 5) is 11.8. The fourth-order valence-corrected chi connectivity index (χ4v) is 1.87. The van der Waals surface area contributed by atoms with Gasteiger partial charge in [0, 0.05) is 13.7 Å². The van der Waals surface area contributed by atoms with E-state index < -0.39 is 6.04 Å². The van der Waals surface area contributed by atoms with Gasteiger partial charge >= 0.3 is 0 Å². The molecule has 0 saturated heterocycles. The van der Waals surface area contributed by atoms with Crippen LogP contribution in [0, 0.1) is 0 Å². The third-order valence-corrected chi connectivity index (χ3v) is 2.97. The average Bonchev–Trinajstić information content (AvgIpc) is 2.43. The first-order chi connectivity index (χ1) is 9.17. The maximum atomic E-state index is 11.8. The summed E-state index contributed by atoms with van der Waals surface area (Å²) >= 11 is 0. The second-order valence-corrected chi connectivity index (χ2v) is 4.72. The molecule has 0 spiro atoms. The molecule has 3 N–H and O–H groups in total. The van der Waals surface area contributed by atoms with Crippen molar-refractivity contribution in [2.45, 2.75) is 45.4 Å². The van der Waals surface area contributed by atoms with Crippen molar-refractivity contribution < 1.29 is 9.53 Å². The largest absolute Gasteiger partial charge is 0.380 e. The molecule has 0 aliphatic rings. The maximum Gasteiger partial charge on any atom is 0.237 e. The normalized spacial score (nSPS) is 12.2. The highest BCUT2D eigenvalue weighted by molar-refractivity contribution is 5.81. The van der Waals surface area contributed by atoms with Crippen molar-refractivity contribution in [2.75, 3.05) is 7.11 Å². The molecule has 0 unspecified atom stereocenters. The van der Waals surface area contributed by atoms with Crippen molar-refractivity contribution in [3.05, 3.63) is 35.4 Å². The summed E-state index contributed by atoms with van der Waals surface area (Å²) in [6.07, 6.45) is 2.78. The van der Waals surface area contributed by atoms with Crippen molar-refractivity contribution in [1.82, 2.24) is 5.32 Å². The Morgan fingerprint density at radius 1 is 1.42 bits per heavy atom. The fourth-order valence-electron chi connectivity index (χ4n) is 1.87. The van der Waals surface area contributed by atoms with E-state index in [9.17, 15) is 4.79 Å². The van der Waals surface area contributed by atoms with Gasteiger partial charge < -0.3 is 15.8 Å². The molecule has 0 radical (unpaired) electrons. The third kappa shape index (κ3) is 5.85. The van der Waals surface area contributed by atoms with Gasteiger partial charge in [0.1, 0.15) is 0 Å². The van der Waals surface area contributed by atoms with Crippen LogP contribution in [-0.4, -0.2) is 19.1 Å². The second-order valence-electron chi connectivity index (χ2n) is 4.72. The number of benzene rings is 1. The van der Waals surface area contributed by atoms with Crippen LogP contribution in [0.1, 0.15) is 37.3 Å². The molecule has 1 rings (SSSR count). The fraction of sp³-hybridized carbons (Fsp3) is 0.533. The molecule has 1 atom stereocenters. The van der Waals surface area contributed by atoms with Crippen LogP contribution in [-0.2, 0) is 22.7 Å². The molecule has 106 valence electrons. The van der Waals surface area contributed by atoms with Crippen LogP contribution in [0.2, 0.25) is 0 Å². The van der Waals surface area contributed by atoms with Gasteiger partial charge in [0.15, 0.2) is 0 Å². The van der Waals surface area contributed by atoms with Crippen LogP contribution in [0.15, 0.2) is 24.3 Å². The Hall–Kier alpha value is -1.39. The van der Waals surface area contributed by atoms with Crippen molar-refractivity contribution >= 4 is 5.91 Å². The van der Waals surface area contributed by atoms with Gasteiger partial charge in [0.05, 0.1) is 12.6 Å². The quantitative estimate of drug-likeness (QED) is 0.754. The lowest BCUT2D eigenvalue weighted by atomic mass is 10.1. The Balaban J connectivity index is 2.43. The minimum atomic E-state index is -0.401. The van der Waals surface area contributed by atoms with Crippen molar-refractivity contribution in [1.29, 1.82) is 0 Å². The summed E-state index contributed by atoms with van der Waals surface area (Å²) in [6.45, 7) is 3.18. The molecule has 19 heavy (non-hydrogen) atoms. The van der Waals surface area contributed by atoms with Gasteiger partial charge in [-0.1, -0.05) is 44.0 Å². The molecule has 4 heteroatoms. The monoisotopic (exact) mass is 264 g/mol. The molecule has 0 aliphatic carbocycles. The number of carbonyl (C=O) groups is 1. The predicted molar refractivity (Wildman–Crippen MR) is 76.5 cm³/mol. The number of amides is 1. The number of hydrogen-bond acceptors (Lipinski definition) is 3. The van der Waals surface area contributed by atoms with Crippen molar-refractivity contribution in [3.63, 3.8) is 0 Å². The van der Waals surface area contributed by atoms with Gasteiger partial charge in [0.2, 0.25) is 5.91 Å². The van der Waals surface area contributed by atoms with E-state index >= 15 is 0 Å². The van der Waals surface area contributed by atoms with E-state index in [1.54, 1.807) is 7.11 Å². The van der Waals surface area contributed by atoms with E-state index in [2.05, 4.69) is 12.2 Å². The zero-order valence-electron chi connectivity index (χ0n) is 11.8. The summed E-state index contributed by atoms with van der Waals surface area (Å²) in [5.74, 6) is -0.0782. The molecule has 0 aromatic heterocycles. The van der Waals surface area contributed by atoms with Crippen molar-refractivity contribution in [3.8, 4) is 0 Å². The van der Waals surface area contributed by atoms with Crippen LogP contribution in [0.3, 0.4) is 0 Å². The van der Waals surface area contributed by atoms with Crippen LogP contribution in [0.25, 0.3) is 0 Å². The van der Waals surface area contributed by atoms with Gasteiger partial charge in [-0.05, 0) is 17.5 Å². The maximum absolute atomic E-state index is 11.8. The third-order valence-electron chi connectivity index (χ3n) is 2.97. The van der Waals surface area contributed by atoms with Gasteiger partial charge in [-0.15, -0.1) is 0 Å². The molecule has 1 aromatic rings. The number of nitrogens with one attached hydrogen (secondary N) is 1. The van der Waals surface area contributed by atoms with E-state index in [1.807, 2.05) is 24.3 Å². The summed E-state index contributed by atoms with van der Waals surface area (Å²) in [5, 5.41) is 2.87. The minimum Gasteiger partial charge on any atom is -0.380 e. The average molecular weight is 264 g/mol. The Morgan fingerprint density at radius 2 is 2.16 bits per heavy atom. The molecule has 1 aromatic carbocycles. The lowest BCUT2D eigenvalue weighted by molar-refractivity contribution is -0.122. The molecule has 0 heterocycles. The number of nitrogens with two attached hydrogens (primary N) is 1. The van der Waals surface area contributed by atoms with E-state index in [0.717, 1.165) is 30.4 Å². The standard InChI is InChI=1S/C15H24N2O2/c1-3-4-8-14(16)15(18)17-10-12-6-5-7-13(9-12)11-19-2/h5-7,9,14H,3-4,8,10-11,16H2,1-2H3,(H,17,18)/t14-/m0/s1. The SMILES string of the molecule is CCCC[C@H](N)C(=O)NCc1cccc(COC)c1. The zero-order valence-corrected chi connectivity index (χ0v) is 11.8. The highest BCUT2D eigenvalue weighted by Gasteiger charge is 2.11. The topological polar surface area (TPSA) is 64.4 Å². The first-order valence-electron chi connectivity index (χ1n) is 6.77. The summed E-state index contributed by atoms with van der Waals surface area (Å²) < 4.78 is 5.08. The van der Waals surface area contributed by atoms with Crippen molar-refractivity contribution in [2.24, 2.45) is 5.73 Å². The van der Waals surface area contributed by atoms with Gasteiger partial charge in [0.25, 0.3) is 0 Å². The highest BCUT2D eigenvalue weighted by atomic mass is 16.5. The van der Waals surface area contributed by atoms with E-state index in [4.69, 9.17) is 10.5 Å². The molecule has 0 aliphatic heterocycles. The van der Waals surface area contributed by atoms with Crippen LogP contribution in [0.5, 0.6) is 0 Å². The first-order valence-corrected chi connectivity index (χ1v) is 6.77. The van der Waals surface area contributed by atoms with Crippen LogP contribution < -0.4 is 11.1 Å². The van der Waals surface area contributed by atoms with Crippen LogP contribution in [0.4, 0.5) is 0 Å².